The minimum absolute atomic E-state index is 0.192. The van der Waals surface area contributed by atoms with Crippen molar-refractivity contribution in [2.24, 2.45) is 10.8 Å². The van der Waals surface area contributed by atoms with E-state index >= 15 is 8.78 Å². The number of aromatic nitrogens is 2. The van der Waals surface area contributed by atoms with Crippen molar-refractivity contribution in [1.82, 2.24) is 36.2 Å². The molecule has 0 aliphatic rings. The number of carboxylic acid groups (broad SMARTS) is 1. The van der Waals surface area contributed by atoms with Crippen LogP contribution in [0.25, 0.3) is 11.3 Å². The Kier molecular flexibility index (Phi) is 17.1. The minimum Gasteiger partial charge on any atom is -0.465 e. The molecule has 64 heavy (non-hydrogen) atoms. The van der Waals surface area contributed by atoms with Crippen molar-refractivity contribution in [2.45, 2.75) is 110 Å². The second kappa shape index (κ2) is 20.5. The monoisotopic (exact) mass is 1040 g/mol. The standard InChI is InChI=1S/C39H46F10IN7O7/c1-35(2,3)64-34(63)53-29(37(6,7)39(47,48)49)31(60)55-56(17-22-23(40)15-20(16-24(22)41)25-12-13-57(54-25)32(42)43)18-27(58)26(14-19-8-10-21(50)11-9-19)51-30(59)28(52-33(61)62)36(4,5)38(44,45)46/h8-13,15-16,26-29,32,52,58H,14,17-18H2,1-7H3,(H,51,59)(H,53,63)(H,55,60)(H,61,62)/t26-,27-,28+,29+/m0/s1. The molecule has 25 heteroatoms. The molecular weight excluding hydrogens is 995 g/mol. The van der Waals surface area contributed by atoms with Crippen LogP contribution < -0.4 is 21.4 Å². The number of amides is 4. The number of halogens is 11. The second-order valence-electron chi connectivity index (χ2n) is 16.6. The summed E-state index contributed by atoms with van der Waals surface area (Å²) in [4.78, 5) is 52.0. The van der Waals surface area contributed by atoms with E-state index in [0.717, 1.165) is 12.3 Å². The number of aliphatic hydroxyl groups excluding tert-OH is 1. The normalized spacial score (nSPS) is 14.7. The predicted octanol–water partition coefficient (Wildman–Crippen LogP) is 7.46. The third-order valence-electron chi connectivity index (χ3n) is 9.79. The van der Waals surface area contributed by atoms with Gasteiger partial charge in [0.25, 0.3) is 5.91 Å². The van der Waals surface area contributed by atoms with E-state index in [1.54, 1.807) is 12.1 Å². The number of aliphatic hydroxyl groups is 1. The third-order valence-corrected chi connectivity index (χ3v) is 10.5. The Morgan fingerprint density at radius 3 is 1.78 bits per heavy atom. The lowest BCUT2D eigenvalue weighted by Gasteiger charge is -2.38. The lowest BCUT2D eigenvalue weighted by Crippen LogP contribution is -2.63. The maximum Gasteiger partial charge on any atom is 0.408 e. The average Bonchev–Trinajstić information content (AvgIpc) is 3.64. The molecule has 356 valence electrons. The van der Waals surface area contributed by atoms with Crippen molar-refractivity contribution >= 4 is 46.6 Å². The summed E-state index contributed by atoms with van der Waals surface area (Å²) in [7, 11) is 0. The van der Waals surface area contributed by atoms with Crippen LogP contribution in [-0.2, 0) is 27.3 Å². The van der Waals surface area contributed by atoms with Crippen molar-refractivity contribution in [2.75, 3.05) is 6.54 Å². The van der Waals surface area contributed by atoms with Crippen LogP contribution in [0, 0.1) is 26.0 Å². The number of alkyl carbamates (subject to hydrolysis) is 1. The molecule has 0 aliphatic carbocycles. The van der Waals surface area contributed by atoms with Gasteiger partial charge < -0.3 is 30.9 Å². The molecule has 0 unspecified atom stereocenters. The zero-order valence-corrected chi connectivity index (χ0v) is 37.2. The van der Waals surface area contributed by atoms with Crippen LogP contribution in [-0.4, -0.2) is 97.7 Å². The Hall–Kier alpha value is -4.92. The van der Waals surface area contributed by atoms with Gasteiger partial charge in [-0.05, 0) is 113 Å². The number of ether oxygens (including phenoxy) is 1. The van der Waals surface area contributed by atoms with E-state index in [9.17, 15) is 64.5 Å². The molecule has 0 saturated carbocycles. The fourth-order valence-corrected chi connectivity index (χ4v) is 6.22. The van der Waals surface area contributed by atoms with Crippen LogP contribution in [0.15, 0.2) is 48.7 Å². The number of hydrogen-bond acceptors (Lipinski definition) is 8. The van der Waals surface area contributed by atoms with Gasteiger partial charge in [-0.1, -0.05) is 12.1 Å². The quantitative estimate of drug-likeness (QED) is 0.0454. The predicted molar refractivity (Wildman–Crippen MR) is 216 cm³/mol. The first-order chi connectivity index (χ1) is 29.1. The van der Waals surface area contributed by atoms with Crippen molar-refractivity contribution in [3.63, 3.8) is 0 Å². The first kappa shape index (κ1) is 53.4. The van der Waals surface area contributed by atoms with E-state index in [2.05, 4.69) is 10.4 Å². The fraction of sp³-hybridized carbons (Fsp3) is 0.513. The largest absolute Gasteiger partial charge is 0.465 e. The lowest BCUT2D eigenvalue weighted by atomic mass is 9.82. The second-order valence-corrected chi connectivity index (χ2v) is 17.9. The Bertz CT molecular complexity index is 2110. The maximum atomic E-state index is 15.8. The molecule has 3 rings (SSSR count). The molecule has 0 radical (unpaired) electrons. The number of carbonyl (C=O) groups excluding carboxylic acids is 3. The summed E-state index contributed by atoms with van der Waals surface area (Å²) in [5, 5.41) is 30.7. The third kappa shape index (κ3) is 14.0. The molecule has 0 saturated heterocycles. The van der Waals surface area contributed by atoms with Gasteiger partial charge in [0.1, 0.15) is 29.3 Å². The molecule has 14 nitrogen and oxygen atoms in total. The highest BCUT2D eigenvalue weighted by Gasteiger charge is 2.57. The van der Waals surface area contributed by atoms with Gasteiger partial charge in [-0.25, -0.2) is 28.1 Å². The number of nitrogens with one attached hydrogen (secondary N) is 4. The van der Waals surface area contributed by atoms with Gasteiger partial charge in [0.2, 0.25) is 5.91 Å². The molecule has 1 heterocycles. The summed E-state index contributed by atoms with van der Waals surface area (Å²) >= 11 is 1.94. The molecule has 4 amide bonds. The van der Waals surface area contributed by atoms with Crippen LogP contribution in [0.2, 0.25) is 0 Å². The zero-order valence-electron chi connectivity index (χ0n) is 35.1. The molecule has 2 aromatic carbocycles. The van der Waals surface area contributed by atoms with Gasteiger partial charge in [0.15, 0.2) is 0 Å². The molecule has 3 aromatic rings. The fourth-order valence-electron chi connectivity index (χ4n) is 5.86. The van der Waals surface area contributed by atoms with Gasteiger partial charge in [-0.15, -0.1) is 0 Å². The number of hydrazine groups is 1. The van der Waals surface area contributed by atoms with Gasteiger partial charge in [-0.2, -0.15) is 40.2 Å². The van der Waals surface area contributed by atoms with E-state index in [4.69, 9.17) is 4.74 Å². The van der Waals surface area contributed by atoms with Crippen molar-refractivity contribution < 1.29 is 78.0 Å². The average molecular weight is 1040 g/mol. The van der Waals surface area contributed by atoms with E-state index in [1.165, 1.54) is 38.2 Å². The van der Waals surface area contributed by atoms with Gasteiger partial charge in [0, 0.05) is 34.0 Å². The molecule has 0 fully saturated rings. The SMILES string of the molecule is CC(C)(C)OC(=O)N[C@H](C(=O)NN(Cc1c(F)cc(-c2ccn(C(F)F)n2)cc1F)C[C@H](O)[C@H](Cc1ccc(I)cc1)NC(=O)[C@@H](NC(=O)O)C(C)(C)C(F)(F)F)C(C)(C)C(F)(F)F. The summed E-state index contributed by atoms with van der Waals surface area (Å²) in [6.45, 7) is 0.872. The van der Waals surface area contributed by atoms with E-state index in [0.29, 0.717) is 54.0 Å². The lowest BCUT2D eigenvalue weighted by molar-refractivity contribution is -0.221. The summed E-state index contributed by atoms with van der Waals surface area (Å²) in [5.41, 5.74) is -6.75. The Morgan fingerprint density at radius 1 is 0.812 bits per heavy atom. The number of nitrogens with zero attached hydrogens (tertiary/aromatic N) is 3. The van der Waals surface area contributed by atoms with E-state index < -0.39 is 120 Å². The van der Waals surface area contributed by atoms with Crippen LogP contribution >= 0.6 is 22.6 Å². The minimum atomic E-state index is -5.23. The van der Waals surface area contributed by atoms with Crippen LogP contribution in [0.4, 0.5) is 53.5 Å². The van der Waals surface area contributed by atoms with Crippen molar-refractivity contribution in [3.05, 3.63) is 75.0 Å². The first-order valence-electron chi connectivity index (χ1n) is 18.9. The molecule has 0 spiro atoms. The molecule has 4 atom stereocenters. The van der Waals surface area contributed by atoms with Crippen LogP contribution in [0.3, 0.4) is 0 Å². The highest BCUT2D eigenvalue weighted by molar-refractivity contribution is 14.1. The summed E-state index contributed by atoms with van der Waals surface area (Å²) in [6, 6.07) is 1.59. The van der Waals surface area contributed by atoms with Gasteiger partial charge >= 0.3 is 31.1 Å². The summed E-state index contributed by atoms with van der Waals surface area (Å²) < 4.78 is 150. The number of alkyl halides is 8. The topological polar surface area (TPSA) is 187 Å². The number of rotatable bonds is 17. The van der Waals surface area contributed by atoms with E-state index in [-0.39, 0.29) is 15.9 Å². The Labute approximate surface area is 373 Å². The molecule has 0 bridgehead atoms. The maximum absolute atomic E-state index is 15.8. The number of benzene rings is 2. The zero-order chi connectivity index (χ0) is 48.9. The highest BCUT2D eigenvalue weighted by atomic mass is 127. The highest BCUT2D eigenvalue weighted by Crippen LogP contribution is 2.42. The molecule has 6 N–H and O–H groups in total. The van der Waals surface area contributed by atoms with Crippen molar-refractivity contribution in [1.29, 1.82) is 0 Å². The molecule has 0 aliphatic heterocycles. The number of hydrogen-bond donors (Lipinski definition) is 6. The van der Waals surface area contributed by atoms with Crippen LogP contribution in [0.1, 0.15) is 66.1 Å². The van der Waals surface area contributed by atoms with Crippen molar-refractivity contribution in [3.8, 4) is 11.3 Å². The smallest absolute Gasteiger partial charge is 0.408 e. The van der Waals surface area contributed by atoms with E-state index in [1.807, 2.05) is 33.3 Å². The Balaban J connectivity index is 2.18. The van der Waals surface area contributed by atoms with Crippen LogP contribution in [0.5, 0.6) is 0 Å². The van der Waals surface area contributed by atoms with Gasteiger partial charge in [-0.3, -0.25) is 15.0 Å². The molecule has 1 aromatic heterocycles. The summed E-state index contributed by atoms with van der Waals surface area (Å²) in [5.74, 6) is -6.14. The summed E-state index contributed by atoms with van der Waals surface area (Å²) in [6.07, 6.45) is -15.7. The molecular formula is C39H46F10IN7O7. The van der Waals surface area contributed by atoms with Gasteiger partial charge in [0.05, 0.1) is 28.7 Å². The number of carbonyl (C=O) groups is 4. The Morgan fingerprint density at radius 2 is 1.33 bits per heavy atom. The first-order valence-corrected chi connectivity index (χ1v) is 19.9.